The van der Waals surface area contributed by atoms with E-state index in [-0.39, 0.29) is 0 Å². The van der Waals surface area contributed by atoms with E-state index in [1.54, 1.807) is 6.07 Å². The molecule has 0 N–H and O–H groups in total. The Labute approximate surface area is 124 Å². The van der Waals surface area contributed by atoms with E-state index in [1.807, 2.05) is 22.8 Å². The Balaban J connectivity index is 1.88. The predicted molar refractivity (Wildman–Crippen MR) is 76.3 cm³/mol. The zero-order valence-corrected chi connectivity index (χ0v) is 11.5. The van der Waals surface area contributed by atoms with Crippen molar-refractivity contribution in [2.75, 3.05) is 0 Å². The second kappa shape index (κ2) is 5.11. The van der Waals surface area contributed by atoms with Gasteiger partial charge in [-0.3, -0.25) is 0 Å². The molecule has 0 aliphatic rings. The highest BCUT2D eigenvalue weighted by Gasteiger charge is 2.29. The van der Waals surface area contributed by atoms with Crippen LogP contribution in [0.2, 0.25) is 5.02 Å². The van der Waals surface area contributed by atoms with Crippen LogP contribution in [-0.4, -0.2) is 4.57 Å². The van der Waals surface area contributed by atoms with Gasteiger partial charge in [0.05, 0.1) is 11.8 Å². The van der Waals surface area contributed by atoms with E-state index in [0.717, 1.165) is 28.6 Å². The van der Waals surface area contributed by atoms with E-state index >= 15 is 0 Å². The lowest BCUT2D eigenvalue weighted by molar-refractivity contribution is -0.137. The maximum absolute atomic E-state index is 12.5. The molecule has 0 amide bonds. The molecule has 0 unspecified atom stereocenters. The van der Waals surface area contributed by atoms with Crippen molar-refractivity contribution in [3.63, 3.8) is 0 Å². The lowest BCUT2D eigenvalue weighted by Crippen LogP contribution is -2.05. The van der Waals surface area contributed by atoms with Gasteiger partial charge in [-0.1, -0.05) is 23.7 Å². The molecule has 1 radical (unpaired) electrons. The summed E-state index contributed by atoms with van der Waals surface area (Å²) >= 11 is 5.92. The molecule has 5 heteroatoms. The Kier molecular flexibility index (Phi) is 3.41. The van der Waals surface area contributed by atoms with Gasteiger partial charge >= 0.3 is 6.18 Å². The van der Waals surface area contributed by atoms with Gasteiger partial charge in [0.15, 0.2) is 0 Å². The zero-order chi connectivity index (χ0) is 15.0. The number of aromatic nitrogens is 1. The van der Waals surface area contributed by atoms with Gasteiger partial charge in [0.1, 0.15) is 0 Å². The van der Waals surface area contributed by atoms with Gasteiger partial charge in [-0.15, -0.1) is 0 Å². The Bertz CT molecular complexity index is 772. The number of hydrogen-bond donors (Lipinski definition) is 0. The molecule has 2 aromatic carbocycles. The Hall–Kier alpha value is -1.94. The van der Waals surface area contributed by atoms with Crippen LogP contribution >= 0.6 is 11.6 Å². The quantitative estimate of drug-likeness (QED) is 0.616. The molecule has 0 aliphatic carbocycles. The highest BCUT2D eigenvalue weighted by molar-refractivity contribution is 6.31. The van der Waals surface area contributed by atoms with Crippen LogP contribution in [0.3, 0.4) is 0 Å². The van der Waals surface area contributed by atoms with Crippen LogP contribution in [0.5, 0.6) is 0 Å². The van der Waals surface area contributed by atoms with Gasteiger partial charge in [-0.25, -0.2) is 0 Å². The van der Waals surface area contributed by atoms with Crippen molar-refractivity contribution in [1.82, 2.24) is 4.57 Å². The van der Waals surface area contributed by atoms with Crippen molar-refractivity contribution in [3.05, 3.63) is 70.9 Å². The summed E-state index contributed by atoms with van der Waals surface area (Å²) in [5.74, 6) is 0. The Morgan fingerprint density at radius 2 is 1.76 bits per heavy atom. The first-order chi connectivity index (χ1) is 9.93. The van der Waals surface area contributed by atoms with Crippen molar-refractivity contribution < 1.29 is 13.2 Å². The lowest BCUT2D eigenvalue weighted by atomic mass is 10.1. The van der Waals surface area contributed by atoms with E-state index in [9.17, 15) is 13.2 Å². The third-order valence-corrected chi connectivity index (χ3v) is 3.51. The standard InChI is InChI=1S/C16H10ClF3N/c17-14-5-6-15-12(9-14)7-8-21(15)10-11-1-3-13(4-2-11)16(18,19)20/h1-7,9H,10H2. The molecule has 0 fully saturated rings. The predicted octanol–water partition coefficient (Wildman–Crippen LogP) is 5.16. The molecule has 107 valence electrons. The van der Waals surface area contributed by atoms with E-state index in [2.05, 4.69) is 6.20 Å². The molecule has 1 aromatic heterocycles. The number of hydrogen-bond acceptors (Lipinski definition) is 0. The first-order valence-corrected chi connectivity index (χ1v) is 6.64. The summed E-state index contributed by atoms with van der Waals surface area (Å²) in [7, 11) is 0. The van der Waals surface area contributed by atoms with Crippen LogP contribution in [-0.2, 0) is 12.7 Å². The van der Waals surface area contributed by atoms with Crippen LogP contribution in [0.4, 0.5) is 13.2 Å². The van der Waals surface area contributed by atoms with E-state index in [1.165, 1.54) is 12.1 Å². The molecule has 1 heterocycles. The fourth-order valence-electron chi connectivity index (χ4n) is 2.22. The maximum atomic E-state index is 12.5. The number of rotatable bonds is 2. The molecule has 0 atom stereocenters. The third-order valence-electron chi connectivity index (χ3n) is 3.28. The van der Waals surface area contributed by atoms with Crippen molar-refractivity contribution >= 4 is 22.5 Å². The molecule has 0 bridgehead atoms. The van der Waals surface area contributed by atoms with Crippen LogP contribution in [0.1, 0.15) is 11.1 Å². The summed E-state index contributed by atoms with van der Waals surface area (Å²) in [6.45, 7) is 0.462. The van der Waals surface area contributed by atoms with E-state index < -0.39 is 11.7 Å². The molecule has 1 nitrogen and oxygen atoms in total. The molecular weight excluding hydrogens is 299 g/mol. The van der Waals surface area contributed by atoms with Crippen molar-refractivity contribution in [1.29, 1.82) is 0 Å². The number of alkyl halides is 3. The van der Waals surface area contributed by atoms with Gasteiger partial charge in [-0.05, 0) is 42.0 Å². The fourth-order valence-corrected chi connectivity index (χ4v) is 2.40. The first kappa shape index (κ1) is 14.0. The average Bonchev–Trinajstić information content (AvgIpc) is 2.80. The molecule has 21 heavy (non-hydrogen) atoms. The molecule has 0 saturated carbocycles. The number of benzene rings is 2. The van der Waals surface area contributed by atoms with Crippen molar-refractivity contribution in [2.24, 2.45) is 0 Å². The monoisotopic (exact) mass is 308 g/mol. The smallest absolute Gasteiger partial charge is 0.335 e. The maximum Gasteiger partial charge on any atom is 0.416 e. The van der Waals surface area contributed by atoms with Crippen LogP contribution < -0.4 is 0 Å². The van der Waals surface area contributed by atoms with E-state index in [4.69, 9.17) is 11.6 Å². The fraction of sp³-hybridized carbons (Fsp3) is 0.125. The molecule has 0 saturated heterocycles. The van der Waals surface area contributed by atoms with Crippen molar-refractivity contribution in [3.8, 4) is 0 Å². The lowest BCUT2D eigenvalue weighted by Gasteiger charge is -2.09. The van der Waals surface area contributed by atoms with Crippen molar-refractivity contribution in [2.45, 2.75) is 12.7 Å². The largest absolute Gasteiger partial charge is 0.416 e. The zero-order valence-electron chi connectivity index (χ0n) is 10.8. The topological polar surface area (TPSA) is 4.93 Å². The second-order valence-electron chi connectivity index (χ2n) is 4.76. The van der Waals surface area contributed by atoms with Gasteiger partial charge in [0.2, 0.25) is 0 Å². The normalized spacial score (nSPS) is 12.0. The van der Waals surface area contributed by atoms with Crippen LogP contribution in [0.15, 0.2) is 48.5 Å². The summed E-state index contributed by atoms with van der Waals surface area (Å²) in [4.78, 5) is 0. The summed E-state index contributed by atoms with van der Waals surface area (Å²) in [5, 5.41) is 1.59. The Morgan fingerprint density at radius 1 is 1.05 bits per heavy atom. The van der Waals surface area contributed by atoms with E-state index in [0.29, 0.717) is 11.6 Å². The highest BCUT2D eigenvalue weighted by Crippen LogP contribution is 2.29. The summed E-state index contributed by atoms with van der Waals surface area (Å²) in [5.41, 5.74) is 1.09. The molecular formula is C16H10ClF3N. The minimum atomic E-state index is -4.30. The van der Waals surface area contributed by atoms with Gasteiger partial charge in [0, 0.05) is 22.5 Å². The second-order valence-corrected chi connectivity index (χ2v) is 5.19. The first-order valence-electron chi connectivity index (χ1n) is 6.26. The van der Waals surface area contributed by atoms with Crippen LogP contribution in [0.25, 0.3) is 10.9 Å². The van der Waals surface area contributed by atoms with Crippen LogP contribution in [0, 0.1) is 6.20 Å². The van der Waals surface area contributed by atoms with Gasteiger partial charge in [-0.2, -0.15) is 13.2 Å². The molecule has 0 aliphatic heterocycles. The number of fused-ring (bicyclic) bond motifs is 1. The average molecular weight is 309 g/mol. The summed E-state index contributed by atoms with van der Waals surface area (Å²) < 4.78 is 39.4. The highest BCUT2D eigenvalue weighted by atomic mass is 35.5. The minimum Gasteiger partial charge on any atom is -0.335 e. The van der Waals surface area contributed by atoms with Gasteiger partial charge in [0.25, 0.3) is 0 Å². The SMILES string of the molecule is FC(F)(F)c1ccc(Cn2[c]cc3cc(Cl)ccc32)cc1. The molecule has 0 spiro atoms. The number of halogens is 4. The number of nitrogens with zero attached hydrogens (tertiary/aromatic N) is 1. The summed E-state index contributed by atoms with van der Waals surface area (Å²) in [6.07, 6.45) is -1.23. The van der Waals surface area contributed by atoms with Gasteiger partial charge < -0.3 is 4.57 Å². The summed E-state index contributed by atoms with van der Waals surface area (Å²) in [6, 6.07) is 12.5. The minimum absolute atomic E-state index is 0.462. The molecule has 3 rings (SSSR count). The third kappa shape index (κ3) is 2.90. The molecule has 3 aromatic rings. The Morgan fingerprint density at radius 3 is 2.43 bits per heavy atom.